The molecule has 11 heteroatoms. The summed E-state index contributed by atoms with van der Waals surface area (Å²) in [7, 11) is -1.01. The number of halogens is 3. The number of carbonyl (C=O) groups excluding carboxylic acids is 1. The van der Waals surface area contributed by atoms with Gasteiger partial charge >= 0.3 is 0 Å². The van der Waals surface area contributed by atoms with Gasteiger partial charge in [-0.1, -0.05) is 53.6 Å². The highest BCUT2D eigenvalue weighted by molar-refractivity contribution is 7.91. The normalized spacial score (nSPS) is 19.6. The Hall–Kier alpha value is -2.98. The lowest BCUT2D eigenvalue weighted by molar-refractivity contribution is -0.135. The second-order valence-corrected chi connectivity index (χ2v) is 13.2. The van der Waals surface area contributed by atoms with Gasteiger partial charge in [0.1, 0.15) is 22.5 Å². The Morgan fingerprint density at radius 3 is 2.41 bits per heavy atom. The standard InChI is InChI=1S/C28H28Cl2FN3O4S/c1-27(2,36)22-16-34(25(32-22)24-20(30)10-7-11-21(24)31)28(26(35)33(3)4)13-12-18(15-23(28)39(5,37)38)17-8-6-9-19(29)14-17/h6-16,23,36H,1-5H3. The molecule has 0 spiro atoms. The molecule has 0 saturated heterocycles. The van der Waals surface area contributed by atoms with Crippen LogP contribution in [-0.2, 0) is 25.8 Å². The molecule has 1 N–H and O–H groups in total. The van der Waals surface area contributed by atoms with Crippen LogP contribution in [-0.4, -0.2) is 59.5 Å². The fraction of sp³-hybridized carbons (Fsp3) is 0.286. The molecule has 4 rings (SSSR count). The Morgan fingerprint density at radius 2 is 1.85 bits per heavy atom. The van der Waals surface area contributed by atoms with Gasteiger partial charge in [-0.15, -0.1) is 0 Å². The molecule has 0 bridgehead atoms. The van der Waals surface area contributed by atoms with Crippen molar-refractivity contribution in [2.75, 3.05) is 20.4 Å². The number of aliphatic hydroxyl groups is 1. The molecule has 0 fully saturated rings. The predicted molar refractivity (Wildman–Crippen MR) is 152 cm³/mol. The van der Waals surface area contributed by atoms with Gasteiger partial charge in [-0.3, -0.25) is 4.79 Å². The van der Waals surface area contributed by atoms with E-state index in [0.29, 0.717) is 16.2 Å². The van der Waals surface area contributed by atoms with E-state index in [1.54, 1.807) is 30.3 Å². The molecule has 0 saturated carbocycles. The van der Waals surface area contributed by atoms with Gasteiger partial charge in [0.2, 0.25) is 0 Å². The summed E-state index contributed by atoms with van der Waals surface area (Å²) >= 11 is 12.6. The van der Waals surface area contributed by atoms with E-state index in [-0.39, 0.29) is 22.1 Å². The zero-order chi connectivity index (χ0) is 28.9. The Kier molecular flexibility index (Phi) is 7.59. The third kappa shape index (κ3) is 5.28. The summed E-state index contributed by atoms with van der Waals surface area (Å²) in [6.45, 7) is 2.96. The van der Waals surface area contributed by atoms with E-state index < -0.39 is 38.0 Å². The molecule has 2 aromatic carbocycles. The van der Waals surface area contributed by atoms with Crippen LogP contribution in [0.1, 0.15) is 25.1 Å². The van der Waals surface area contributed by atoms with Gasteiger partial charge in [0, 0.05) is 31.6 Å². The first-order chi connectivity index (χ1) is 18.1. The minimum absolute atomic E-state index is 0.00227. The Balaban J connectivity index is 2.12. The van der Waals surface area contributed by atoms with Crippen LogP contribution >= 0.6 is 23.2 Å². The molecule has 2 atom stereocenters. The zero-order valence-corrected chi connectivity index (χ0v) is 24.3. The molecule has 2 unspecified atom stereocenters. The van der Waals surface area contributed by atoms with Gasteiger partial charge in [-0.2, -0.15) is 0 Å². The molecule has 39 heavy (non-hydrogen) atoms. The van der Waals surface area contributed by atoms with Gasteiger partial charge in [0.05, 0.1) is 16.3 Å². The molecule has 206 valence electrons. The van der Waals surface area contributed by atoms with Crippen molar-refractivity contribution in [3.63, 3.8) is 0 Å². The Bertz CT molecular complexity index is 1600. The smallest absolute Gasteiger partial charge is 0.254 e. The van der Waals surface area contributed by atoms with Crippen molar-refractivity contribution in [3.8, 4) is 11.4 Å². The molecule has 1 aliphatic carbocycles. The number of carbonyl (C=O) groups is 1. The molecule has 1 aliphatic rings. The maximum atomic E-state index is 15.3. The largest absolute Gasteiger partial charge is 0.384 e. The summed E-state index contributed by atoms with van der Waals surface area (Å²) in [6, 6.07) is 11.0. The number of benzene rings is 2. The third-order valence-corrected chi connectivity index (χ3v) is 8.54. The number of aromatic nitrogens is 2. The predicted octanol–water partition coefficient (Wildman–Crippen LogP) is 5.07. The molecule has 1 heterocycles. The second kappa shape index (κ2) is 10.2. The van der Waals surface area contributed by atoms with Gasteiger partial charge in [-0.25, -0.2) is 17.8 Å². The van der Waals surface area contributed by atoms with Crippen LogP contribution in [0, 0.1) is 5.82 Å². The minimum atomic E-state index is -4.00. The molecule has 3 aromatic rings. The van der Waals surface area contributed by atoms with E-state index in [2.05, 4.69) is 4.98 Å². The number of amides is 1. The van der Waals surface area contributed by atoms with Crippen molar-refractivity contribution >= 4 is 44.5 Å². The number of likely N-dealkylation sites (N-methyl/N-ethyl adjacent to an activating group) is 1. The lowest BCUT2D eigenvalue weighted by atomic mass is 9.84. The van der Waals surface area contributed by atoms with Gasteiger partial charge in [-0.05, 0) is 55.3 Å². The van der Waals surface area contributed by atoms with Crippen LogP contribution in [0.3, 0.4) is 0 Å². The second-order valence-electron chi connectivity index (χ2n) is 10.2. The first-order valence-corrected chi connectivity index (χ1v) is 14.6. The van der Waals surface area contributed by atoms with Gasteiger partial charge in [0.15, 0.2) is 15.4 Å². The Labute approximate surface area is 237 Å². The van der Waals surface area contributed by atoms with Crippen molar-refractivity contribution in [1.82, 2.24) is 14.5 Å². The fourth-order valence-corrected chi connectivity index (χ4v) is 6.46. The maximum absolute atomic E-state index is 15.3. The number of allylic oxidation sites excluding steroid dienone is 2. The van der Waals surface area contributed by atoms with E-state index in [9.17, 15) is 18.3 Å². The minimum Gasteiger partial charge on any atom is -0.384 e. The summed E-state index contributed by atoms with van der Waals surface area (Å²) in [5, 5.41) is 9.83. The number of sulfone groups is 1. The molecule has 7 nitrogen and oxygen atoms in total. The summed E-state index contributed by atoms with van der Waals surface area (Å²) in [5.41, 5.74) is -2.32. The number of hydrogen-bond acceptors (Lipinski definition) is 5. The lowest BCUT2D eigenvalue weighted by Crippen LogP contribution is -2.57. The highest BCUT2D eigenvalue weighted by Crippen LogP contribution is 2.43. The molecule has 0 aliphatic heterocycles. The van der Waals surface area contributed by atoms with Crippen LogP contribution in [0.5, 0.6) is 0 Å². The quantitative estimate of drug-likeness (QED) is 0.432. The maximum Gasteiger partial charge on any atom is 0.254 e. The third-order valence-electron chi connectivity index (χ3n) is 6.57. The van der Waals surface area contributed by atoms with Crippen molar-refractivity contribution in [2.24, 2.45) is 0 Å². The lowest BCUT2D eigenvalue weighted by Gasteiger charge is -2.40. The monoisotopic (exact) mass is 591 g/mol. The summed E-state index contributed by atoms with van der Waals surface area (Å²) in [4.78, 5) is 19.9. The van der Waals surface area contributed by atoms with Crippen LogP contribution in [0.15, 0.2) is 66.9 Å². The van der Waals surface area contributed by atoms with E-state index in [1.807, 2.05) is 0 Å². The van der Waals surface area contributed by atoms with Crippen LogP contribution < -0.4 is 0 Å². The number of imidazole rings is 1. The van der Waals surface area contributed by atoms with Crippen molar-refractivity contribution in [1.29, 1.82) is 0 Å². The van der Waals surface area contributed by atoms with Crippen LogP contribution in [0.4, 0.5) is 4.39 Å². The van der Waals surface area contributed by atoms with E-state index in [0.717, 1.165) is 6.26 Å². The van der Waals surface area contributed by atoms with Gasteiger partial charge < -0.3 is 14.6 Å². The molecular formula is C28H28Cl2FN3O4S. The Morgan fingerprint density at radius 1 is 1.18 bits per heavy atom. The van der Waals surface area contributed by atoms with Crippen molar-refractivity contribution < 1.29 is 22.7 Å². The van der Waals surface area contributed by atoms with Crippen molar-refractivity contribution in [2.45, 2.75) is 30.2 Å². The van der Waals surface area contributed by atoms with E-state index >= 15 is 4.39 Å². The van der Waals surface area contributed by atoms with Crippen LogP contribution in [0.2, 0.25) is 10.0 Å². The summed E-state index contributed by atoms with van der Waals surface area (Å²) in [5.74, 6) is -1.44. The highest BCUT2D eigenvalue weighted by atomic mass is 35.5. The van der Waals surface area contributed by atoms with Gasteiger partial charge in [0.25, 0.3) is 5.91 Å². The summed E-state index contributed by atoms with van der Waals surface area (Å²) < 4.78 is 43.5. The van der Waals surface area contributed by atoms with E-state index in [1.165, 1.54) is 74.0 Å². The van der Waals surface area contributed by atoms with E-state index in [4.69, 9.17) is 23.2 Å². The zero-order valence-electron chi connectivity index (χ0n) is 22.0. The first-order valence-electron chi connectivity index (χ1n) is 11.9. The SMILES string of the molecule is CN(C)C(=O)C1(n2cc(C(C)(C)O)nc2-c2c(F)cccc2Cl)C=CC(c2cccc(Cl)c2)=CC1S(C)(=O)=O. The summed E-state index contributed by atoms with van der Waals surface area (Å²) in [6.07, 6.45) is 7.00. The molecule has 0 radical (unpaired) electrons. The number of rotatable bonds is 6. The fourth-order valence-electron chi connectivity index (χ4n) is 4.68. The molecule has 1 aromatic heterocycles. The molecule has 1 amide bonds. The van der Waals surface area contributed by atoms with Crippen molar-refractivity contribution in [3.05, 3.63) is 94.0 Å². The topological polar surface area (TPSA) is 92.5 Å². The number of hydrogen-bond donors (Lipinski definition) is 1. The average molecular weight is 593 g/mol. The molecular weight excluding hydrogens is 564 g/mol. The number of nitrogens with zero attached hydrogens (tertiary/aromatic N) is 3. The van der Waals surface area contributed by atoms with Crippen LogP contribution in [0.25, 0.3) is 17.0 Å². The average Bonchev–Trinajstić information content (AvgIpc) is 3.28. The first kappa shape index (κ1) is 29.0. The highest BCUT2D eigenvalue weighted by Gasteiger charge is 2.53.